The number of halogens is 3. The van der Waals surface area contributed by atoms with E-state index in [-0.39, 0.29) is 11.0 Å². The van der Waals surface area contributed by atoms with Gasteiger partial charge in [-0.15, -0.1) is 5.10 Å². The molecule has 8 heteroatoms. The quantitative estimate of drug-likeness (QED) is 0.793. The lowest BCUT2D eigenvalue weighted by atomic mass is 10.2. The number of benzene rings is 1. The average Bonchev–Trinajstić information content (AvgIpc) is 2.81. The molecule has 0 unspecified atom stereocenters. The van der Waals surface area contributed by atoms with Gasteiger partial charge in [0.05, 0.1) is 17.3 Å². The molecule has 2 aromatic rings. The molecule has 21 heavy (non-hydrogen) atoms. The van der Waals surface area contributed by atoms with Crippen molar-refractivity contribution in [2.75, 3.05) is 11.9 Å². The van der Waals surface area contributed by atoms with Crippen LogP contribution in [0.25, 0.3) is 0 Å². The Bertz CT molecular complexity index is 597. The van der Waals surface area contributed by atoms with Gasteiger partial charge in [-0.3, -0.25) is 0 Å². The van der Waals surface area contributed by atoms with Crippen molar-refractivity contribution in [1.82, 2.24) is 15.5 Å². The van der Waals surface area contributed by atoms with Crippen LogP contribution in [0.15, 0.2) is 21.0 Å². The summed E-state index contributed by atoms with van der Waals surface area (Å²) in [6, 6.07) is 2.71. The minimum atomic E-state index is -0.429. The van der Waals surface area contributed by atoms with E-state index in [2.05, 4.69) is 50.6 Å². The number of nitrogens with one attached hydrogen (secondary N) is 2. The van der Waals surface area contributed by atoms with Gasteiger partial charge in [0.25, 0.3) is 0 Å². The van der Waals surface area contributed by atoms with E-state index in [0.29, 0.717) is 28.5 Å². The van der Waals surface area contributed by atoms with Gasteiger partial charge >= 0.3 is 6.01 Å². The Labute approximate surface area is 135 Å². The molecule has 2 rings (SSSR count). The highest BCUT2D eigenvalue weighted by atomic mass is 79.9. The Kier molecular flexibility index (Phi) is 5.55. The number of aromatic nitrogens is 2. The van der Waals surface area contributed by atoms with Crippen molar-refractivity contribution in [3.8, 4) is 0 Å². The van der Waals surface area contributed by atoms with Crippen molar-refractivity contribution in [1.29, 1.82) is 0 Å². The number of hydrogen-bond donors (Lipinski definition) is 2. The first-order valence-electron chi connectivity index (χ1n) is 6.40. The van der Waals surface area contributed by atoms with E-state index in [1.807, 2.05) is 0 Å². The minimum Gasteiger partial charge on any atom is -0.406 e. The molecule has 1 heterocycles. The van der Waals surface area contributed by atoms with Crippen LogP contribution < -0.4 is 10.6 Å². The molecule has 0 radical (unpaired) electrons. The smallest absolute Gasteiger partial charge is 0.320 e. The zero-order chi connectivity index (χ0) is 15.4. The van der Waals surface area contributed by atoms with Crippen molar-refractivity contribution >= 4 is 39.2 Å². The van der Waals surface area contributed by atoms with Crippen molar-refractivity contribution in [2.45, 2.75) is 20.4 Å². The molecular formula is C13H15BrClFN4O. The zero-order valence-electron chi connectivity index (χ0n) is 11.6. The van der Waals surface area contributed by atoms with Crippen LogP contribution in [0.3, 0.4) is 0 Å². The van der Waals surface area contributed by atoms with Crippen molar-refractivity contribution in [3.63, 3.8) is 0 Å². The summed E-state index contributed by atoms with van der Waals surface area (Å²) in [5, 5.41) is 14.1. The second-order valence-electron chi connectivity index (χ2n) is 4.90. The molecule has 5 nitrogen and oxygen atoms in total. The Morgan fingerprint density at radius 2 is 2.14 bits per heavy atom. The number of rotatable bonds is 6. The van der Waals surface area contributed by atoms with Crippen LogP contribution in [-0.2, 0) is 6.54 Å². The molecule has 2 N–H and O–H groups in total. The van der Waals surface area contributed by atoms with Crippen LogP contribution in [0, 0.1) is 11.7 Å². The molecular weight excluding hydrogens is 363 g/mol. The Morgan fingerprint density at radius 1 is 1.38 bits per heavy atom. The molecule has 0 atom stereocenters. The highest BCUT2D eigenvalue weighted by Crippen LogP contribution is 2.33. The molecule has 0 aliphatic heterocycles. The van der Waals surface area contributed by atoms with E-state index in [1.54, 1.807) is 0 Å². The first kappa shape index (κ1) is 16.2. The van der Waals surface area contributed by atoms with E-state index in [1.165, 1.54) is 12.1 Å². The SMILES string of the molecule is CC(C)CNCc1nnc(Nc2c(Cl)cc(F)cc2Br)o1. The van der Waals surface area contributed by atoms with E-state index < -0.39 is 5.82 Å². The molecule has 1 aromatic carbocycles. The van der Waals surface area contributed by atoms with Crippen LogP contribution in [0.4, 0.5) is 16.1 Å². The molecule has 0 spiro atoms. The lowest BCUT2D eigenvalue weighted by molar-refractivity contribution is 0.460. The highest BCUT2D eigenvalue weighted by Gasteiger charge is 2.12. The van der Waals surface area contributed by atoms with Crippen molar-refractivity contribution in [3.05, 3.63) is 33.3 Å². The lowest BCUT2D eigenvalue weighted by Crippen LogP contribution is -2.19. The molecule has 0 saturated heterocycles. The molecule has 1 aromatic heterocycles. The fourth-order valence-electron chi connectivity index (χ4n) is 1.61. The van der Waals surface area contributed by atoms with Crippen LogP contribution >= 0.6 is 27.5 Å². The van der Waals surface area contributed by atoms with E-state index in [9.17, 15) is 4.39 Å². The number of nitrogens with zero attached hydrogens (tertiary/aromatic N) is 2. The predicted octanol–water partition coefficient (Wildman–Crippen LogP) is 4.11. The summed E-state index contributed by atoms with van der Waals surface area (Å²) in [5.41, 5.74) is 0.475. The summed E-state index contributed by atoms with van der Waals surface area (Å²) >= 11 is 9.21. The van der Waals surface area contributed by atoms with Crippen molar-refractivity contribution < 1.29 is 8.81 Å². The molecule has 0 amide bonds. The second-order valence-corrected chi connectivity index (χ2v) is 6.16. The van der Waals surface area contributed by atoms with Crippen LogP contribution in [0.2, 0.25) is 5.02 Å². The normalized spacial score (nSPS) is 11.1. The monoisotopic (exact) mass is 376 g/mol. The number of hydrogen-bond acceptors (Lipinski definition) is 5. The predicted molar refractivity (Wildman–Crippen MR) is 83.2 cm³/mol. The third-order valence-corrected chi connectivity index (χ3v) is 3.46. The molecule has 0 aliphatic carbocycles. The van der Waals surface area contributed by atoms with E-state index >= 15 is 0 Å². The van der Waals surface area contributed by atoms with Crippen LogP contribution in [0.1, 0.15) is 19.7 Å². The lowest BCUT2D eigenvalue weighted by Gasteiger charge is -2.07. The fraction of sp³-hybridized carbons (Fsp3) is 0.385. The minimum absolute atomic E-state index is 0.200. The Morgan fingerprint density at radius 3 is 2.81 bits per heavy atom. The summed E-state index contributed by atoms with van der Waals surface area (Å²) < 4.78 is 19.1. The van der Waals surface area contributed by atoms with Crippen LogP contribution in [0.5, 0.6) is 0 Å². The third kappa shape index (κ3) is 4.66. The molecule has 0 saturated carbocycles. The van der Waals surface area contributed by atoms with Gasteiger partial charge in [0, 0.05) is 4.47 Å². The Hall–Kier alpha value is -1.18. The largest absolute Gasteiger partial charge is 0.406 e. The molecule has 114 valence electrons. The van der Waals surface area contributed by atoms with Gasteiger partial charge in [0.1, 0.15) is 5.82 Å². The topological polar surface area (TPSA) is 63.0 Å². The highest BCUT2D eigenvalue weighted by molar-refractivity contribution is 9.10. The van der Waals surface area contributed by atoms with E-state index in [4.69, 9.17) is 16.0 Å². The van der Waals surface area contributed by atoms with Gasteiger partial charge in [-0.25, -0.2) is 4.39 Å². The maximum Gasteiger partial charge on any atom is 0.320 e. The zero-order valence-corrected chi connectivity index (χ0v) is 13.9. The summed E-state index contributed by atoms with van der Waals surface area (Å²) in [5.74, 6) is 0.577. The first-order valence-corrected chi connectivity index (χ1v) is 7.57. The maximum absolute atomic E-state index is 13.2. The van der Waals surface area contributed by atoms with Crippen molar-refractivity contribution in [2.24, 2.45) is 5.92 Å². The number of anilines is 2. The maximum atomic E-state index is 13.2. The van der Waals surface area contributed by atoms with Gasteiger partial charge in [-0.05, 0) is 40.5 Å². The summed E-state index contributed by atoms with van der Waals surface area (Å²) in [6.07, 6.45) is 0. The Balaban J connectivity index is 2.03. The summed E-state index contributed by atoms with van der Waals surface area (Å²) in [4.78, 5) is 0. The molecule has 0 fully saturated rings. The second kappa shape index (κ2) is 7.20. The van der Waals surface area contributed by atoms with Gasteiger partial charge in [0.2, 0.25) is 5.89 Å². The summed E-state index contributed by atoms with van der Waals surface area (Å²) in [6.45, 7) is 5.58. The molecule has 0 bridgehead atoms. The van der Waals surface area contributed by atoms with Gasteiger partial charge in [-0.2, -0.15) is 0 Å². The van der Waals surface area contributed by atoms with Gasteiger partial charge in [0.15, 0.2) is 0 Å². The fourth-order valence-corrected chi connectivity index (χ4v) is 2.51. The van der Waals surface area contributed by atoms with E-state index in [0.717, 1.165) is 6.54 Å². The standard InChI is InChI=1S/C13H15BrClFN4O/c1-7(2)5-17-6-11-19-20-13(21-11)18-12-9(14)3-8(16)4-10(12)15/h3-4,7,17H,5-6H2,1-2H3,(H,18,20). The average molecular weight is 378 g/mol. The summed E-state index contributed by atoms with van der Waals surface area (Å²) in [7, 11) is 0. The van der Waals surface area contributed by atoms with Gasteiger partial charge < -0.3 is 15.1 Å². The molecule has 0 aliphatic rings. The van der Waals surface area contributed by atoms with Crippen LogP contribution in [-0.4, -0.2) is 16.7 Å². The third-order valence-electron chi connectivity index (χ3n) is 2.53. The van der Waals surface area contributed by atoms with Gasteiger partial charge in [-0.1, -0.05) is 30.5 Å². The first-order chi connectivity index (χ1) is 9.95.